The predicted octanol–water partition coefficient (Wildman–Crippen LogP) is 2.05. The summed E-state index contributed by atoms with van der Waals surface area (Å²) in [5.41, 5.74) is 3.34. The molecule has 1 aliphatic rings. The van der Waals surface area contributed by atoms with Crippen LogP contribution >= 0.6 is 0 Å². The molecule has 0 aliphatic carbocycles. The lowest BCUT2D eigenvalue weighted by Gasteiger charge is -2.27. The maximum atomic E-state index is 12.2. The quantitative estimate of drug-likeness (QED) is 0.908. The second kappa shape index (κ2) is 6.52. The third kappa shape index (κ3) is 3.51. The van der Waals surface area contributed by atoms with Crippen molar-refractivity contribution in [1.82, 2.24) is 5.32 Å². The summed E-state index contributed by atoms with van der Waals surface area (Å²) >= 11 is 0. The molecule has 5 nitrogen and oxygen atoms in total. The van der Waals surface area contributed by atoms with Gasteiger partial charge in [-0.1, -0.05) is 30.3 Å². The smallest absolute Gasteiger partial charge is 0.251 e. The number of nitrogens with one attached hydrogen (secondary N) is 2. The summed E-state index contributed by atoms with van der Waals surface area (Å²) in [6.45, 7) is 0.905. The number of anilines is 2. The molecule has 0 atom stereocenters. The lowest BCUT2D eigenvalue weighted by atomic mass is 10.1. The van der Waals surface area contributed by atoms with Crippen molar-refractivity contribution < 1.29 is 9.59 Å². The van der Waals surface area contributed by atoms with Crippen molar-refractivity contribution in [3.05, 3.63) is 59.7 Å². The van der Waals surface area contributed by atoms with Gasteiger partial charge in [-0.2, -0.15) is 0 Å². The number of rotatable bonds is 4. The van der Waals surface area contributed by atoms with Crippen LogP contribution in [0.2, 0.25) is 0 Å². The van der Waals surface area contributed by atoms with Crippen LogP contribution in [0.15, 0.2) is 48.5 Å². The van der Waals surface area contributed by atoms with E-state index in [0.29, 0.717) is 24.3 Å². The monoisotopic (exact) mass is 309 g/mol. The van der Waals surface area contributed by atoms with Crippen molar-refractivity contribution in [2.75, 3.05) is 30.4 Å². The molecule has 0 radical (unpaired) electrons. The molecule has 2 aromatic carbocycles. The van der Waals surface area contributed by atoms with E-state index in [1.807, 2.05) is 48.3 Å². The van der Waals surface area contributed by atoms with Gasteiger partial charge in [0.05, 0.1) is 17.9 Å². The van der Waals surface area contributed by atoms with Crippen molar-refractivity contribution in [3.63, 3.8) is 0 Å². The van der Waals surface area contributed by atoms with Crippen LogP contribution in [0.5, 0.6) is 0 Å². The zero-order valence-electron chi connectivity index (χ0n) is 13.0. The molecule has 2 amide bonds. The Morgan fingerprint density at radius 1 is 1.22 bits per heavy atom. The number of nitrogens with zero attached hydrogens (tertiary/aromatic N) is 1. The van der Waals surface area contributed by atoms with Crippen LogP contribution in [0.4, 0.5) is 11.4 Å². The van der Waals surface area contributed by atoms with Gasteiger partial charge in [-0.25, -0.2) is 0 Å². The van der Waals surface area contributed by atoms with Gasteiger partial charge in [0.25, 0.3) is 5.91 Å². The maximum Gasteiger partial charge on any atom is 0.251 e. The lowest BCUT2D eigenvalue weighted by Crippen LogP contribution is -2.35. The summed E-state index contributed by atoms with van der Waals surface area (Å²) in [6.07, 6.45) is 0.789. The van der Waals surface area contributed by atoms with Gasteiger partial charge in [0.1, 0.15) is 0 Å². The van der Waals surface area contributed by atoms with Gasteiger partial charge in [0.15, 0.2) is 0 Å². The first-order chi connectivity index (χ1) is 11.1. The summed E-state index contributed by atoms with van der Waals surface area (Å²) in [7, 11) is 1.86. The zero-order chi connectivity index (χ0) is 16.2. The Morgan fingerprint density at radius 2 is 2.00 bits per heavy atom. The minimum Gasteiger partial charge on any atom is -0.364 e. The molecule has 0 spiro atoms. The fourth-order valence-electron chi connectivity index (χ4n) is 2.67. The Bertz CT molecular complexity index is 728. The second-order valence-corrected chi connectivity index (χ2v) is 5.63. The van der Waals surface area contributed by atoms with Crippen molar-refractivity contribution in [2.45, 2.75) is 6.42 Å². The molecule has 23 heavy (non-hydrogen) atoms. The van der Waals surface area contributed by atoms with Crippen LogP contribution in [-0.4, -0.2) is 32.0 Å². The molecule has 0 bridgehead atoms. The molecule has 3 rings (SSSR count). The van der Waals surface area contributed by atoms with Gasteiger partial charge in [0.2, 0.25) is 5.91 Å². The van der Waals surface area contributed by atoms with Crippen molar-refractivity contribution in [2.24, 2.45) is 0 Å². The van der Waals surface area contributed by atoms with Crippen LogP contribution in [0.3, 0.4) is 0 Å². The number of amides is 2. The highest BCUT2D eigenvalue weighted by atomic mass is 16.2. The summed E-state index contributed by atoms with van der Waals surface area (Å²) < 4.78 is 0. The molecule has 0 saturated carbocycles. The lowest BCUT2D eigenvalue weighted by molar-refractivity contribution is -0.115. The largest absolute Gasteiger partial charge is 0.364 e. The highest BCUT2D eigenvalue weighted by Gasteiger charge is 2.20. The van der Waals surface area contributed by atoms with Crippen LogP contribution in [0.1, 0.15) is 15.9 Å². The highest BCUT2D eigenvalue weighted by molar-refractivity contribution is 6.03. The molecule has 0 fully saturated rings. The predicted molar refractivity (Wildman–Crippen MR) is 90.8 cm³/mol. The number of benzene rings is 2. The Balaban J connectivity index is 1.64. The van der Waals surface area contributed by atoms with Crippen LogP contribution < -0.4 is 15.5 Å². The van der Waals surface area contributed by atoms with E-state index in [1.165, 1.54) is 5.56 Å². The van der Waals surface area contributed by atoms with Crippen molar-refractivity contribution >= 4 is 23.2 Å². The summed E-state index contributed by atoms with van der Waals surface area (Å²) in [6, 6.07) is 15.4. The Kier molecular flexibility index (Phi) is 4.28. The average molecular weight is 309 g/mol. The minimum absolute atomic E-state index is 0.0679. The van der Waals surface area contributed by atoms with Gasteiger partial charge in [0, 0.05) is 19.2 Å². The van der Waals surface area contributed by atoms with E-state index in [4.69, 9.17) is 0 Å². The Hall–Kier alpha value is -2.82. The van der Waals surface area contributed by atoms with Gasteiger partial charge >= 0.3 is 0 Å². The topological polar surface area (TPSA) is 61.4 Å². The second-order valence-electron chi connectivity index (χ2n) is 5.63. The minimum atomic E-state index is -0.133. The molecule has 118 valence electrons. The molecule has 2 aromatic rings. The molecule has 1 heterocycles. The highest BCUT2D eigenvalue weighted by Crippen LogP contribution is 2.29. The van der Waals surface area contributed by atoms with Crippen molar-refractivity contribution in [1.29, 1.82) is 0 Å². The normalized spacial score (nSPS) is 13.3. The fraction of sp³-hybridized carbons (Fsp3) is 0.222. The SMILES string of the molecule is CN1CC(=O)Nc2cc(C(=O)NCCc3ccccc3)ccc21. The number of hydrogen-bond acceptors (Lipinski definition) is 3. The Morgan fingerprint density at radius 3 is 2.78 bits per heavy atom. The first-order valence-electron chi connectivity index (χ1n) is 7.60. The number of carbonyl (C=O) groups excluding carboxylic acids is 2. The molecule has 1 aliphatic heterocycles. The van der Waals surface area contributed by atoms with E-state index in [1.54, 1.807) is 12.1 Å². The third-order valence-electron chi connectivity index (χ3n) is 3.87. The summed E-state index contributed by atoms with van der Waals surface area (Å²) in [4.78, 5) is 25.7. The molecular weight excluding hydrogens is 290 g/mol. The molecule has 2 N–H and O–H groups in total. The Labute approximate surface area is 135 Å². The molecule has 0 unspecified atom stereocenters. The van der Waals surface area contributed by atoms with E-state index in [-0.39, 0.29) is 11.8 Å². The molecular formula is C18H19N3O2. The van der Waals surface area contributed by atoms with Gasteiger partial charge in [-0.3, -0.25) is 9.59 Å². The van der Waals surface area contributed by atoms with Crippen molar-refractivity contribution in [3.8, 4) is 0 Å². The number of carbonyl (C=O) groups is 2. The maximum absolute atomic E-state index is 12.2. The van der Waals surface area contributed by atoms with Crippen LogP contribution in [-0.2, 0) is 11.2 Å². The third-order valence-corrected chi connectivity index (χ3v) is 3.87. The molecule has 0 saturated heterocycles. The zero-order valence-corrected chi connectivity index (χ0v) is 13.0. The summed E-state index contributed by atoms with van der Waals surface area (Å²) in [5, 5.41) is 5.72. The average Bonchev–Trinajstić information content (AvgIpc) is 2.55. The number of likely N-dealkylation sites (N-methyl/N-ethyl adjacent to an activating group) is 1. The van der Waals surface area contributed by atoms with E-state index in [2.05, 4.69) is 10.6 Å². The fourth-order valence-corrected chi connectivity index (χ4v) is 2.67. The van der Waals surface area contributed by atoms with E-state index in [0.717, 1.165) is 12.1 Å². The van der Waals surface area contributed by atoms with E-state index < -0.39 is 0 Å². The van der Waals surface area contributed by atoms with Gasteiger partial charge in [-0.15, -0.1) is 0 Å². The number of fused-ring (bicyclic) bond motifs is 1. The number of hydrogen-bond donors (Lipinski definition) is 2. The first-order valence-corrected chi connectivity index (χ1v) is 7.60. The standard InChI is InChI=1S/C18H19N3O2/c1-21-12-17(22)20-15-11-14(7-8-16(15)21)18(23)19-10-9-13-5-3-2-4-6-13/h2-8,11H,9-10,12H2,1H3,(H,19,23)(H,20,22). The molecule has 5 heteroatoms. The van der Waals surface area contributed by atoms with Crippen LogP contribution in [0.25, 0.3) is 0 Å². The first kappa shape index (κ1) is 15.1. The summed E-state index contributed by atoms with van der Waals surface area (Å²) in [5.74, 6) is -0.201. The van der Waals surface area contributed by atoms with E-state index in [9.17, 15) is 9.59 Å². The van der Waals surface area contributed by atoms with Gasteiger partial charge < -0.3 is 15.5 Å². The van der Waals surface area contributed by atoms with Crippen LogP contribution in [0, 0.1) is 0 Å². The van der Waals surface area contributed by atoms with Gasteiger partial charge in [-0.05, 0) is 30.2 Å². The molecule has 0 aromatic heterocycles. The van der Waals surface area contributed by atoms with E-state index >= 15 is 0 Å².